The number of ketones is 2. The highest BCUT2D eigenvalue weighted by atomic mass is 33.1. The van der Waals surface area contributed by atoms with Crippen LogP contribution in [0, 0.1) is 45.8 Å². The Morgan fingerprint density at radius 3 is 2.56 bits per heavy atom. The molecule has 5 fully saturated rings. The first-order chi connectivity index (χ1) is 30.9. The van der Waals surface area contributed by atoms with Gasteiger partial charge in [-0.2, -0.15) is 0 Å². The molecule has 64 heavy (non-hydrogen) atoms. The van der Waals surface area contributed by atoms with Gasteiger partial charge in [-0.1, -0.05) is 76.9 Å². The summed E-state index contributed by atoms with van der Waals surface area (Å²) in [5.41, 5.74) is -1.20. The van der Waals surface area contributed by atoms with E-state index in [0.29, 0.717) is 24.4 Å². The van der Waals surface area contributed by atoms with Crippen molar-refractivity contribution in [3.63, 3.8) is 0 Å². The molecule has 0 amide bonds. The zero-order chi connectivity index (χ0) is 44.0. The van der Waals surface area contributed by atoms with Gasteiger partial charge in [0.2, 0.25) is 6.29 Å². The Morgan fingerprint density at radius 1 is 0.938 bits per heavy atom. The van der Waals surface area contributed by atoms with Crippen molar-refractivity contribution in [3.8, 4) is 5.75 Å². The number of Topliss-reactive ketones (excluding diaryl/α,β-unsaturated/α-hetero) is 2. The van der Waals surface area contributed by atoms with Crippen molar-refractivity contribution in [2.45, 2.75) is 101 Å². The summed E-state index contributed by atoms with van der Waals surface area (Å²) < 4.78 is 13.3. The van der Waals surface area contributed by atoms with Crippen LogP contribution in [0.3, 0.4) is 0 Å². The smallest absolute Gasteiger partial charge is 0.229 e. The number of allylic oxidation sites excluding steroid dienone is 6. The molecule has 10 bridgehead atoms. The van der Waals surface area contributed by atoms with Crippen LogP contribution in [0.1, 0.15) is 89.6 Å². The molecule has 4 saturated carbocycles. The Labute approximate surface area is 380 Å². The molecular weight excluding hydrogens is 853 g/mol. The van der Waals surface area contributed by atoms with Crippen LogP contribution >= 0.6 is 21.6 Å². The number of aliphatic hydroxyl groups excluding tert-OH is 5. The highest BCUT2D eigenvalue weighted by Crippen LogP contribution is 2.76. The van der Waals surface area contributed by atoms with Gasteiger partial charge in [-0.25, -0.2) is 0 Å². The lowest BCUT2D eigenvalue weighted by Crippen LogP contribution is -2.81. The van der Waals surface area contributed by atoms with E-state index < -0.39 is 64.8 Å². The number of carbonyl (C=O) groups is 2. The average Bonchev–Trinajstić information content (AvgIpc) is 3.82. The monoisotopic (exact) mass is 908 g/mol. The third-order valence-corrected chi connectivity index (χ3v) is 20.0. The molecule has 2 aromatic rings. The fourth-order valence-electron chi connectivity index (χ4n) is 15.4. The molecule has 3 heterocycles. The first-order valence-electron chi connectivity index (χ1n) is 23.1. The van der Waals surface area contributed by atoms with Gasteiger partial charge in [-0.3, -0.25) is 9.59 Å². The normalized spacial score (nSPS) is 41.2. The van der Waals surface area contributed by atoms with Crippen molar-refractivity contribution < 1.29 is 49.7 Å². The fourth-order valence-corrected chi connectivity index (χ4v) is 17.7. The molecule has 12 nitrogen and oxygen atoms in total. The SMILES string of the molecule is O=C1c2cccc3c2C(=O)[C@]2(CSSCNC4=CC5=C(CN4)[C@@H]4C[C@@H]6C[C@]7(CO)O[C@@H](O3)[C@H](O)[C@@](O)([C@@H]7O)[C@H]6[C@]53CC5(CCCC5)C[C@H]3C4)C(O)=CC(Cc3cccc(CO)c3)=C[C@H]12. The molecule has 338 valence electrons. The lowest BCUT2D eigenvalue weighted by atomic mass is 9.46. The minimum absolute atomic E-state index is 0.0516. The van der Waals surface area contributed by atoms with E-state index in [1.807, 2.05) is 24.3 Å². The van der Waals surface area contributed by atoms with E-state index >= 15 is 4.79 Å². The lowest BCUT2D eigenvalue weighted by Gasteiger charge is -2.65. The largest absolute Gasteiger partial charge is 0.511 e. The third-order valence-electron chi connectivity index (χ3n) is 17.8. The predicted molar refractivity (Wildman–Crippen MR) is 240 cm³/mol. The van der Waals surface area contributed by atoms with Gasteiger partial charge >= 0.3 is 0 Å². The summed E-state index contributed by atoms with van der Waals surface area (Å²) in [5, 5.41) is 79.7. The number of benzene rings is 2. The Morgan fingerprint density at radius 2 is 1.75 bits per heavy atom. The van der Waals surface area contributed by atoms with Gasteiger partial charge in [0.1, 0.15) is 40.3 Å². The van der Waals surface area contributed by atoms with Gasteiger partial charge < -0.3 is 50.7 Å². The zero-order valence-electron chi connectivity index (χ0n) is 35.6. The standard InChI is InChI=1S/C50H56N2O10S2/c53-21-27-6-3-5-26(11-27)12-28-13-35-40(56)32-7-4-8-36-39(32)42(57)49(35,37(55)14-28)24-63-64-25-52-38-17-34-33(20-51-38)29-15-30-18-47(23-54)45(59)50(60,43(58)44(61-36)62-47)41(30)48(34)22-46(9-1-2-10-46)19-31(48)16-29/h3-8,11,13-14,17,29-31,35,41,43-45,51-55,58-60H,1-2,9-10,12,15-16,18-25H2/t29-,30-,31-,35-,41-,43+,44-,45-,47-,48+,49+,50-/m1/s1. The van der Waals surface area contributed by atoms with Crippen molar-refractivity contribution in [2.24, 2.45) is 45.8 Å². The third kappa shape index (κ3) is 5.60. The highest BCUT2D eigenvalue weighted by Gasteiger charge is 2.78. The highest BCUT2D eigenvalue weighted by molar-refractivity contribution is 8.76. The maximum Gasteiger partial charge on any atom is 0.229 e. The van der Waals surface area contributed by atoms with Crippen LogP contribution in [-0.2, 0) is 17.8 Å². The minimum atomic E-state index is -2.19. The van der Waals surface area contributed by atoms with Crippen LogP contribution in [0.25, 0.3) is 0 Å². The molecule has 1 saturated heterocycles. The summed E-state index contributed by atoms with van der Waals surface area (Å²) in [6.07, 6.45) is 9.22. The van der Waals surface area contributed by atoms with E-state index in [-0.39, 0.29) is 70.4 Å². The second kappa shape index (κ2) is 14.7. The van der Waals surface area contributed by atoms with E-state index in [4.69, 9.17) is 9.47 Å². The van der Waals surface area contributed by atoms with E-state index in [9.17, 15) is 35.4 Å². The van der Waals surface area contributed by atoms with E-state index in [0.717, 1.165) is 68.3 Å². The Kier molecular flexibility index (Phi) is 9.60. The Hall–Kier alpha value is -3.60. The van der Waals surface area contributed by atoms with Crippen LogP contribution in [0.4, 0.5) is 0 Å². The van der Waals surface area contributed by atoms with E-state index in [2.05, 4.69) is 16.7 Å². The van der Waals surface area contributed by atoms with Gasteiger partial charge in [0.15, 0.2) is 11.6 Å². The van der Waals surface area contributed by atoms with Crippen molar-refractivity contribution in [1.29, 1.82) is 0 Å². The molecule has 0 radical (unpaired) electrons. The van der Waals surface area contributed by atoms with Crippen molar-refractivity contribution >= 4 is 33.2 Å². The van der Waals surface area contributed by atoms with Crippen LogP contribution < -0.4 is 15.4 Å². The second-order valence-corrected chi connectivity index (χ2v) is 23.3. The molecule has 14 heteroatoms. The van der Waals surface area contributed by atoms with Gasteiger partial charge in [0.25, 0.3) is 0 Å². The summed E-state index contributed by atoms with van der Waals surface area (Å²) in [4.78, 5) is 30.4. The molecule has 8 N–H and O–H groups in total. The van der Waals surface area contributed by atoms with Gasteiger partial charge in [-0.15, -0.1) is 0 Å². The second-order valence-electron chi connectivity index (χ2n) is 20.8. The number of hydrogen-bond donors (Lipinski definition) is 8. The summed E-state index contributed by atoms with van der Waals surface area (Å²) in [5.74, 6) is -1.27. The maximum atomic E-state index is 15.5. The maximum absolute atomic E-state index is 15.5. The number of ether oxygens (including phenoxy) is 2. The number of fused-ring (bicyclic) bond motifs is 2. The molecule has 2 aromatic carbocycles. The molecule has 13 rings (SSSR count). The molecular formula is C50H56N2O10S2. The first kappa shape index (κ1) is 41.8. The topological polar surface area (TPSA) is 198 Å². The summed E-state index contributed by atoms with van der Waals surface area (Å²) >= 11 is 0. The van der Waals surface area contributed by atoms with Crippen LogP contribution in [0.5, 0.6) is 5.75 Å². The fraction of sp³-hybridized carbons (Fsp3) is 0.560. The van der Waals surface area contributed by atoms with Crippen molar-refractivity contribution in [1.82, 2.24) is 10.6 Å². The summed E-state index contributed by atoms with van der Waals surface area (Å²) in [7, 11) is 2.90. The number of rotatable bonds is 4. The predicted octanol–water partition coefficient (Wildman–Crippen LogP) is 5.40. The molecule has 0 unspecified atom stereocenters. The zero-order valence-corrected chi connectivity index (χ0v) is 37.3. The number of carbonyl (C=O) groups excluding carboxylic acids is 2. The minimum Gasteiger partial charge on any atom is -0.511 e. The molecule has 3 aliphatic heterocycles. The number of dihydropyridines is 1. The molecule has 11 aliphatic rings. The van der Waals surface area contributed by atoms with Crippen molar-refractivity contribution in [2.75, 3.05) is 24.8 Å². The van der Waals surface area contributed by atoms with Gasteiger partial charge in [0, 0.05) is 29.2 Å². The number of nitrogens with one attached hydrogen (secondary N) is 2. The summed E-state index contributed by atoms with van der Waals surface area (Å²) in [6.45, 7) is -0.134. The van der Waals surface area contributed by atoms with Crippen LogP contribution in [-0.4, -0.2) is 96.7 Å². The summed E-state index contributed by atoms with van der Waals surface area (Å²) in [6, 6.07) is 12.2. The average molecular weight is 909 g/mol. The van der Waals surface area contributed by atoms with Crippen LogP contribution in [0.15, 0.2) is 89.0 Å². The Balaban J connectivity index is 1.00. The number of aliphatic hydroxyl groups is 6. The van der Waals surface area contributed by atoms with Crippen LogP contribution in [0.2, 0.25) is 0 Å². The number of hydrogen-bond acceptors (Lipinski definition) is 14. The van der Waals surface area contributed by atoms with E-state index in [1.165, 1.54) is 38.8 Å². The molecule has 0 aromatic heterocycles. The van der Waals surface area contributed by atoms with Gasteiger partial charge in [-0.05, 0) is 121 Å². The Bertz CT molecular complexity index is 2480. The lowest BCUT2D eigenvalue weighted by molar-refractivity contribution is -0.392. The molecule has 12 atom stereocenters. The molecule has 3 spiro atoms. The molecule has 8 aliphatic carbocycles. The van der Waals surface area contributed by atoms with Crippen molar-refractivity contribution in [3.05, 3.63) is 111 Å². The van der Waals surface area contributed by atoms with E-state index in [1.54, 1.807) is 24.3 Å². The quantitative estimate of drug-likeness (QED) is 0.182. The first-order valence-corrected chi connectivity index (χ1v) is 25.6. The van der Waals surface area contributed by atoms with Gasteiger partial charge in [0.05, 0.1) is 36.4 Å².